The first-order chi connectivity index (χ1) is 14.2. The molecule has 0 aromatic heterocycles. The van der Waals surface area contributed by atoms with Crippen LogP contribution in [0.5, 0.6) is 11.5 Å². The first-order valence-electron chi connectivity index (χ1n) is 11.0. The molecule has 3 aliphatic rings. The average molecular weight is 402 g/mol. The summed E-state index contributed by atoms with van der Waals surface area (Å²) >= 11 is 0. The molecule has 0 radical (unpaired) electrons. The molecule has 1 aromatic carbocycles. The summed E-state index contributed by atoms with van der Waals surface area (Å²) in [6, 6.07) is 5.87. The van der Waals surface area contributed by atoms with Crippen molar-refractivity contribution in [2.45, 2.75) is 58.4 Å². The van der Waals surface area contributed by atoms with Crippen molar-refractivity contribution in [1.82, 2.24) is 4.90 Å². The summed E-state index contributed by atoms with van der Waals surface area (Å²) in [5, 5.41) is 0. The van der Waals surface area contributed by atoms with E-state index in [1.54, 1.807) is 0 Å². The van der Waals surface area contributed by atoms with Crippen molar-refractivity contribution < 1.29 is 23.8 Å². The lowest BCUT2D eigenvalue weighted by atomic mass is 9.98. The topological polar surface area (TPSA) is 65.1 Å². The van der Waals surface area contributed by atoms with Gasteiger partial charge in [0.2, 0.25) is 12.7 Å². The molecule has 0 N–H and O–H groups in total. The SMILES string of the molecule is CCOC(=O)[C@@H]1C[C@@H]1CN(Cc1ccc2c(c1)OCO2)C(=O)C1CCCCCC1. The Balaban J connectivity index is 1.46. The molecule has 1 amide bonds. The van der Waals surface area contributed by atoms with Gasteiger partial charge < -0.3 is 19.1 Å². The highest BCUT2D eigenvalue weighted by atomic mass is 16.7. The van der Waals surface area contributed by atoms with Crippen LogP contribution in [0.3, 0.4) is 0 Å². The van der Waals surface area contributed by atoms with Crippen LogP contribution in [0.2, 0.25) is 0 Å². The summed E-state index contributed by atoms with van der Waals surface area (Å²) in [5.41, 5.74) is 1.03. The number of carbonyl (C=O) groups excluding carboxylic acids is 2. The summed E-state index contributed by atoms with van der Waals surface area (Å²) in [4.78, 5) is 27.4. The number of amides is 1. The summed E-state index contributed by atoms with van der Waals surface area (Å²) in [7, 11) is 0. The first-order valence-corrected chi connectivity index (χ1v) is 11.0. The van der Waals surface area contributed by atoms with E-state index in [2.05, 4.69) is 0 Å². The van der Waals surface area contributed by atoms with Gasteiger partial charge in [-0.25, -0.2) is 0 Å². The van der Waals surface area contributed by atoms with Gasteiger partial charge in [0.05, 0.1) is 12.5 Å². The predicted molar refractivity (Wildman–Crippen MR) is 107 cm³/mol. The zero-order valence-electron chi connectivity index (χ0n) is 17.2. The molecular weight excluding hydrogens is 370 g/mol. The Kier molecular flexibility index (Phi) is 6.26. The second-order valence-corrected chi connectivity index (χ2v) is 8.45. The maximum Gasteiger partial charge on any atom is 0.309 e. The zero-order chi connectivity index (χ0) is 20.2. The third-order valence-corrected chi connectivity index (χ3v) is 6.29. The van der Waals surface area contributed by atoms with E-state index in [1.165, 1.54) is 12.8 Å². The molecule has 1 heterocycles. The lowest BCUT2D eigenvalue weighted by molar-refractivity contribution is -0.145. The van der Waals surface area contributed by atoms with Crippen molar-refractivity contribution in [3.05, 3.63) is 23.8 Å². The maximum absolute atomic E-state index is 13.4. The Morgan fingerprint density at radius 2 is 1.86 bits per heavy atom. The van der Waals surface area contributed by atoms with Crippen molar-refractivity contribution in [3.8, 4) is 11.5 Å². The van der Waals surface area contributed by atoms with Crippen molar-refractivity contribution in [1.29, 1.82) is 0 Å². The number of ether oxygens (including phenoxy) is 3. The van der Waals surface area contributed by atoms with Gasteiger partial charge in [0.15, 0.2) is 11.5 Å². The minimum atomic E-state index is -0.123. The molecule has 2 aliphatic carbocycles. The number of benzene rings is 1. The molecule has 2 atom stereocenters. The third kappa shape index (κ3) is 4.85. The summed E-state index contributed by atoms with van der Waals surface area (Å²) in [5.74, 6) is 1.85. The van der Waals surface area contributed by atoms with Gasteiger partial charge in [-0.3, -0.25) is 9.59 Å². The molecule has 0 spiro atoms. The van der Waals surface area contributed by atoms with Crippen LogP contribution in [0.15, 0.2) is 18.2 Å². The number of nitrogens with zero attached hydrogens (tertiary/aromatic N) is 1. The van der Waals surface area contributed by atoms with Crippen LogP contribution >= 0.6 is 0 Å². The van der Waals surface area contributed by atoms with Gasteiger partial charge in [0.25, 0.3) is 0 Å². The van der Waals surface area contributed by atoms with Gasteiger partial charge in [-0.05, 0) is 49.8 Å². The fraction of sp³-hybridized carbons (Fsp3) is 0.652. The molecule has 0 saturated heterocycles. The van der Waals surface area contributed by atoms with E-state index in [-0.39, 0.29) is 36.4 Å². The van der Waals surface area contributed by atoms with Gasteiger partial charge in [-0.2, -0.15) is 0 Å². The number of esters is 1. The molecule has 6 nitrogen and oxygen atoms in total. The lowest BCUT2D eigenvalue weighted by Gasteiger charge is -2.27. The molecule has 6 heteroatoms. The molecule has 2 saturated carbocycles. The second kappa shape index (κ2) is 9.06. The monoisotopic (exact) mass is 401 g/mol. The maximum atomic E-state index is 13.4. The molecule has 0 bridgehead atoms. The molecule has 2 fully saturated rings. The summed E-state index contributed by atoms with van der Waals surface area (Å²) in [6.45, 7) is 3.64. The largest absolute Gasteiger partial charge is 0.466 e. The van der Waals surface area contributed by atoms with Crippen molar-refractivity contribution in [2.24, 2.45) is 17.8 Å². The van der Waals surface area contributed by atoms with E-state index in [9.17, 15) is 9.59 Å². The van der Waals surface area contributed by atoms with Crippen molar-refractivity contribution in [3.63, 3.8) is 0 Å². The molecule has 1 aliphatic heterocycles. The second-order valence-electron chi connectivity index (χ2n) is 8.45. The van der Waals surface area contributed by atoms with Crippen LogP contribution in [0, 0.1) is 17.8 Å². The van der Waals surface area contributed by atoms with Gasteiger partial charge in [0, 0.05) is 19.0 Å². The van der Waals surface area contributed by atoms with Crippen LogP contribution in [-0.2, 0) is 20.9 Å². The highest BCUT2D eigenvalue weighted by Crippen LogP contribution is 2.41. The Labute approximate surface area is 172 Å². The fourth-order valence-electron chi connectivity index (χ4n) is 4.55. The number of fused-ring (bicyclic) bond motifs is 1. The van der Waals surface area contributed by atoms with Gasteiger partial charge >= 0.3 is 5.97 Å². The standard InChI is InChI=1S/C23H31NO5/c1-2-27-23(26)19-12-18(19)14-24(22(25)17-7-5-3-4-6-8-17)13-16-9-10-20-21(11-16)29-15-28-20/h9-11,17-19H,2-8,12-15H2,1H3/t18-,19-/m1/s1. The van der Waals surface area contributed by atoms with Crippen LogP contribution in [-0.4, -0.2) is 36.7 Å². The predicted octanol–water partition coefficient (Wildman–Crippen LogP) is 3.91. The number of hydrogen-bond acceptors (Lipinski definition) is 5. The molecule has 158 valence electrons. The van der Waals surface area contributed by atoms with E-state index in [1.807, 2.05) is 30.0 Å². The molecule has 4 rings (SSSR count). The van der Waals surface area contributed by atoms with E-state index < -0.39 is 0 Å². The van der Waals surface area contributed by atoms with E-state index in [0.29, 0.717) is 19.7 Å². The van der Waals surface area contributed by atoms with Crippen LogP contribution in [0.25, 0.3) is 0 Å². The van der Waals surface area contributed by atoms with Gasteiger partial charge in [-0.15, -0.1) is 0 Å². The van der Waals surface area contributed by atoms with Gasteiger partial charge in [-0.1, -0.05) is 31.7 Å². The minimum Gasteiger partial charge on any atom is -0.466 e. The highest BCUT2D eigenvalue weighted by Gasteiger charge is 2.45. The minimum absolute atomic E-state index is 0.0591. The Hall–Kier alpha value is -2.24. The van der Waals surface area contributed by atoms with E-state index in [0.717, 1.165) is 49.2 Å². The summed E-state index contributed by atoms with van der Waals surface area (Å²) in [6.07, 6.45) is 7.46. The summed E-state index contributed by atoms with van der Waals surface area (Å²) < 4.78 is 16.1. The Morgan fingerprint density at radius 1 is 1.10 bits per heavy atom. The molecule has 0 unspecified atom stereocenters. The van der Waals surface area contributed by atoms with Crippen LogP contribution < -0.4 is 9.47 Å². The van der Waals surface area contributed by atoms with Crippen molar-refractivity contribution in [2.75, 3.05) is 19.9 Å². The van der Waals surface area contributed by atoms with Crippen LogP contribution in [0.1, 0.15) is 57.4 Å². The Bertz CT molecular complexity index is 741. The molecule has 29 heavy (non-hydrogen) atoms. The fourth-order valence-corrected chi connectivity index (χ4v) is 4.55. The third-order valence-electron chi connectivity index (χ3n) is 6.29. The normalized spacial score (nSPS) is 23.3. The quantitative estimate of drug-likeness (QED) is 0.512. The lowest BCUT2D eigenvalue weighted by Crippen LogP contribution is -2.37. The average Bonchev–Trinajstić information content (AvgIpc) is 3.42. The number of rotatable bonds is 7. The van der Waals surface area contributed by atoms with E-state index >= 15 is 0 Å². The zero-order valence-corrected chi connectivity index (χ0v) is 17.2. The van der Waals surface area contributed by atoms with E-state index in [4.69, 9.17) is 14.2 Å². The smallest absolute Gasteiger partial charge is 0.309 e. The van der Waals surface area contributed by atoms with Crippen molar-refractivity contribution >= 4 is 11.9 Å². The number of hydrogen-bond donors (Lipinski definition) is 0. The number of carbonyl (C=O) groups is 2. The molecule has 1 aromatic rings. The van der Waals surface area contributed by atoms with Gasteiger partial charge in [0.1, 0.15) is 0 Å². The molecular formula is C23H31NO5. The van der Waals surface area contributed by atoms with Crippen LogP contribution in [0.4, 0.5) is 0 Å². The highest BCUT2D eigenvalue weighted by molar-refractivity contribution is 5.79. The Morgan fingerprint density at radius 3 is 2.62 bits per heavy atom. The first kappa shape index (κ1) is 20.0.